The van der Waals surface area contributed by atoms with E-state index in [-0.39, 0.29) is 35.9 Å². The van der Waals surface area contributed by atoms with E-state index >= 15 is 0 Å². The molecule has 8 nitrogen and oxygen atoms in total. The normalized spacial score (nSPS) is 12.7. The van der Waals surface area contributed by atoms with Gasteiger partial charge in [0.25, 0.3) is 11.8 Å². The number of nitrogens with one attached hydrogen (secondary N) is 2. The summed E-state index contributed by atoms with van der Waals surface area (Å²) in [5.74, 6) is -2.05. The molecular weight excluding hydrogens is 494 g/mol. The van der Waals surface area contributed by atoms with Crippen molar-refractivity contribution in [3.8, 4) is 11.5 Å². The third kappa shape index (κ3) is 7.69. The van der Waals surface area contributed by atoms with Gasteiger partial charge in [0.1, 0.15) is 17.9 Å². The lowest BCUT2D eigenvalue weighted by atomic mass is 9.99. The average molecular weight is 529 g/mol. The maximum Gasteiger partial charge on any atom is 0.253 e. The van der Waals surface area contributed by atoms with Gasteiger partial charge in [0.15, 0.2) is 0 Å². The summed E-state index contributed by atoms with van der Waals surface area (Å²) in [6.07, 6.45) is 3.35. The molecule has 1 heterocycles. The molecule has 10 heteroatoms. The van der Waals surface area contributed by atoms with Crippen molar-refractivity contribution in [1.29, 1.82) is 0 Å². The maximum absolute atomic E-state index is 13.8. The van der Waals surface area contributed by atoms with Crippen LogP contribution in [-0.2, 0) is 6.42 Å². The first-order chi connectivity index (χ1) is 18.2. The fourth-order valence-corrected chi connectivity index (χ4v) is 4.28. The molecule has 3 N–H and O–H groups in total. The van der Waals surface area contributed by atoms with Crippen molar-refractivity contribution in [2.45, 2.75) is 45.3 Å². The van der Waals surface area contributed by atoms with Crippen LogP contribution in [0.4, 0.5) is 8.78 Å². The van der Waals surface area contributed by atoms with Crippen LogP contribution in [0.1, 0.15) is 53.0 Å². The van der Waals surface area contributed by atoms with Crippen LogP contribution in [0.2, 0.25) is 0 Å². The highest BCUT2D eigenvalue weighted by Gasteiger charge is 2.25. The summed E-state index contributed by atoms with van der Waals surface area (Å²) in [7, 11) is 1.64. The van der Waals surface area contributed by atoms with Crippen molar-refractivity contribution < 1.29 is 27.9 Å². The summed E-state index contributed by atoms with van der Waals surface area (Å²) < 4.78 is 33.0. The molecule has 0 aliphatic carbocycles. The van der Waals surface area contributed by atoms with E-state index in [0.29, 0.717) is 24.2 Å². The van der Waals surface area contributed by atoms with Crippen molar-refractivity contribution in [3.63, 3.8) is 0 Å². The van der Waals surface area contributed by atoms with Crippen LogP contribution < -0.4 is 10.6 Å². The number of aromatic nitrogens is 1. The number of aliphatic hydroxyl groups is 1. The van der Waals surface area contributed by atoms with E-state index in [1.165, 1.54) is 18.5 Å². The summed E-state index contributed by atoms with van der Waals surface area (Å²) in [5, 5.41) is 16.3. The van der Waals surface area contributed by atoms with E-state index in [1.54, 1.807) is 24.1 Å². The van der Waals surface area contributed by atoms with Gasteiger partial charge in [-0.2, -0.15) is 0 Å². The Morgan fingerprint density at radius 1 is 1.03 bits per heavy atom. The number of oxazole rings is 1. The van der Waals surface area contributed by atoms with E-state index in [2.05, 4.69) is 15.6 Å². The smallest absolute Gasteiger partial charge is 0.253 e. The molecule has 1 aromatic heterocycles. The molecule has 0 saturated carbocycles. The van der Waals surface area contributed by atoms with Gasteiger partial charge in [-0.15, -0.1) is 0 Å². The summed E-state index contributed by atoms with van der Waals surface area (Å²) in [6, 6.07) is 6.86. The van der Waals surface area contributed by atoms with Crippen molar-refractivity contribution >= 4 is 11.8 Å². The Morgan fingerprint density at radius 3 is 2.26 bits per heavy atom. The molecule has 0 bridgehead atoms. The minimum atomic E-state index is -1.06. The lowest BCUT2D eigenvalue weighted by molar-refractivity contribution is 0.0755. The Balaban J connectivity index is 1.96. The highest BCUT2D eigenvalue weighted by Crippen LogP contribution is 2.23. The van der Waals surface area contributed by atoms with Gasteiger partial charge in [0.05, 0.1) is 18.3 Å². The Hall–Kier alpha value is -3.63. The number of halogens is 2. The lowest BCUT2D eigenvalue weighted by Crippen LogP contribution is -2.48. The monoisotopic (exact) mass is 528 g/mol. The van der Waals surface area contributed by atoms with Gasteiger partial charge in [-0.25, -0.2) is 13.8 Å². The first-order valence-corrected chi connectivity index (χ1v) is 12.7. The largest absolute Gasteiger partial charge is 0.445 e. The Morgan fingerprint density at radius 2 is 1.68 bits per heavy atom. The predicted molar refractivity (Wildman–Crippen MR) is 140 cm³/mol. The Kier molecular flexibility index (Phi) is 10.5. The van der Waals surface area contributed by atoms with Crippen LogP contribution >= 0.6 is 0 Å². The van der Waals surface area contributed by atoms with Crippen LogP contribution in [0, 0.1) is 11.6 Å². The highest BCUT2D eigenvalue weighted by atomic mass is 19.1. The first kappa shape index (κ1) is 28.9. The number of aliphatic hydroxyl groups excluding tert-OH is 1. The molecule has 0 fully saturated rings. The van der Waals surface area contributed by atoms with Crippen molar-refractivity contribution in [1.82, 2.24) is 20.5 Å². The van der Waals surface area contributed by atoms with Gasteiger partial charge in [-0.05, 0) is 62.2 Å². The number of carbonyl (C=O) groups is 2. The van der Waals surface area contributed by atoms with Crippen molar-refractivity contribution in [2.75, 3.05) is 26.7 Å². The third-order valence-corrected chi connectivity index (χ3v) is 5.97. The van der Waals surface area contributed by atoms with Crippen LogP contribution in [0.15, 0.2) is 53.3 Å². The molecule has 38 heavy (non-hydrogen) atoms. The molecule has 204 valence electrons. The second kappa shape index (κ2) is 13.8. The average Bonchev–Trinajstić information content (AvgIpc) is 3.42. The second-order valence-corrected chi connectivity index (χ2v) is 9.12. The second-order valence-electron chi connectivity index (χ2n) is 9.12. The molecule has 2 aromatic carbocycles. The fourth-order valence-electron chi connectivity index (χ4n) is 4.28. The minimum absolute atomic E-state index is 0.0186. The van der Waals surface area contributed by atoms with E-state index in [4.69, 9.17) is 4.42 Å². The molecule has 0 aliphatic heterocycles. The number of amides is 2. The summed E-state index contributed by atoms with van der Waals surface area (Å²) in [5.41, 5.74) is 1.18. The number of carbonyl (C=O) groups excluding carboxylic acids is 2. The maximum atomic E-state index is 13.8. The zero-order chi connectivity index (χ0) is 27.7. The molecule has 2 atom stereocenters. The molecule has 0 unspecified atom stereocenters. The van der Waals surface area contributed by atoms with E-state index < -0.39 is 29.7 Å². The van der Waals surface area contributed by atoms with Crippen LogP contribution in [0.25, 0.3) is 11.5 Å². The molecule has 3 aromatic rings. The quantitative estimate of drug-likeness (QED) is 0.312. The fraction of sp³-hybridized carbons (Fsp3) is 0.393. The van der Waals surface area contributed by atoms with E-state index in [0.717, 1.165) is 31.0 Å². The topological polar surface area (TPSA) is 108 Å². The van der Waals surface area contributed by atoms with Crippen molar-refractivity contribution in [2.24, 2.45) is 0 Å². The van der Waals surface area contributed by atoms with E-state index in [9.17, 15) is 23.5 Å². The highest BCUT2D eigenvalue weighted by molar-refractivity contribution is 6.01. The van der Waals surface area contributed by atoms with Crippen LogP contribution in [0.5, 0.6) is 0 Å². The van der Waals surface area contributed by atoms with Gasteiger partial charge < -0.3 is 25.1 Å². The molecule has 0 aliphatic rings. The summed E-state index contributed by atoms with van der Waals surface area (Å²) in [4.78, 5) is 32.7. The predicted octanol–water partition coefficient (Wildman–Crippen LogP) is 3.80. The molecule has 0 radical (unpaired) electrons. The number of nitrogens with zero attached hydrogens (tertiary/aromatic N) is 2. The SMILES string of the molecule is CCCN(CCC)C(=O)c1cc(C(=O)N[C@@H](Cc2cc(F)cc(F)c2)[C@H](O)CNC)cc(-c2ncco2)c1. The molecule has 0 saturated heterocycles. The van der Waals surface area contributed by atoms with Gasteiger partial charge in [-0.3, -0.25) is 9.59 Å². The zero-order valence-electron chi connectivity index (χ0n) is 21.8. The Labute approximate surface area is 221 Å². The van der Waals surface area contributed by atoms with Gasteiger partial charge in [0.2, 0.25) is 5.89 Å². The molecule has 2 amide bonds. The minimum Gasteiger partial charge on any atom is -0.445 e. The molecule has 3 rings (SSSR count). The van der Waals surface area contributed by atoms with Gasteiger partial charge in [0, 0.05) is 42.4 Å². The van der Waals surface area contributed by atoms with Gasteiger partial charge in [-0.1, -0.05) is 13.8 Å². The summed E-state index contributed by atoms with van der Waals surface area (Å²) in [6.45, 7) is 5.24. The number of likely N-dealkylation sites (N-methyl/N-ethyl adjacent to an activating group) is 1. The van der Waals surface area contributed by atoms with Crippen LogP contribution in [-0.4, -0.2) is 65.6 Å². The number of hydrogen-bond donors (Lipinski definition) is 3. The molecular formula is C28H34F2N4O4. The van der Waals surface area contributed by atoms with Crippen LogP contribution in [0.3, 0.4) is 0 Å². The number of benzene rings is 2. The van der Waals surface area contributed by atoms with E-state index in [1.807, 2.05) is 13.8 Å². The first-order valence-electron chi connectivity index (χ1n) is 12.7. The lowest BCUT2D eigenvalue weighted by Gasteiger charge is -2.25. The zero-order valence-corrected chi connectivity index (χ0v) is 21.8. The summed E-state index contributed by atoms with van der Waals surface area (Å²) >= 11 is 0. The van der Waals surface area contributed by atoms with Gasteiger partial charge >= 0.3 is 0 Å². The van der Waals surface area contributed by atoms with Crippen molar-refractivity contribution in [3.05, 3.63) is 77.2 Å². The third-order valence-electron chi connectivity index (χ3n) is 5.97. The number of rotatable bonds is 13. The molecule has 0 spiro atoms. The standard InChI is InChI=1S/C28H34F2N4O4/c1-4-7-34(8-5-2)28(37)21-14-19(13-20(15-21)27-32-6-9-38-27)26(36)33-24(25(35)17-31-3)12-18-10-22(29)16-23(30)11-18/h6,9-11,13-16,24-25,31,35H,4-5,7-8,12,17H2,1-3H3,(H,33,36)/t24-,25+/m0/s1. The Bertz CT molecular complexity index is 1190. The number of hydrogen-bond acceptors (Lipinski definition) is 6.